The zero-order valence-corrected chi connectivity index (χ0v) is 17.0. The van der Waals surface area contributed by atoms with E-state index in [4.69, 9.17) is 4.74 Å². The van der Waals surface area contributed by atoms with E-state index in [0.717, 1.165) is 57.2 Å². The van der Waals surface area contributed by atoms with Crippen molar-refractivity contribution in [1.29, 1.82) is 0 Å². The molecule has 2 heterocycles. The van der Waals surface area contributed by atoms with Crippen molar-refractivity contribution in [2.45, 2.75) is 44.6 Å². The Kier molecular flexibility index (Phi) is 7.68. The zero-order chi connectivity index (χ0) is 19.1. The second-order valence-corrected chi connectivity index (χ2v) is 8.12. The number of likely N-dealkylation sites (tertiary alicyclic amines) is 1. The first-order valence-corrected chi connectivity index (χ1v) is 10.5. The molecule has 1 atom stereocenters. The van der Waals surface area contributed by atoms with Gasteiger partial charge in [0.1, 0.15) is 0 Å². The van der Waals surface area contributed by atoms with Crippen LogP contribution in [-0.4, -0.2) is 68.7 Å². The number of carbonyl (C=O) groups is 1. The first-order chi connectivity index (χ1) is 13.2. The first-order valence-electron chi connectivity index (χ1n) is 10.5. The highest BCUT2D eigenvalue weighted by molar-refractivity contribution is 5.96. The Morgan fingerprint density at radius 3 is 2.74 bits per heavy atom. The van der Waals surface area contributed by atoms with E-state index in [1.54, 1.807) is 7.11 Å². The number of aryl methyl sites for hydroxylation is 1. The van der Waals surface area contributed by atoms with Gasteiger partial charge in [-0.15, -0.1) is 0 Å². The maximum absolute atomic E-state index is 12.7. The Hall–Kier alpha value is -1.43. The van der Waals surface area contributed by atoms with Crippen LogP contribution in [0.25, 0.3) is 0 Å². The molecule has 1 N–H and O–H groups in total. The van der Waals surface area contributed by atoms with Crippen LogP contribution in [0.1, 0.15) is 37.7 Å². The fourth-order valence-corrected chi connectivity index (χ4v) is 4.41. The molecule has 1 fully saturated rings. The number of rotatable bonds is 8. The molecule has 0 radical (unpaired) electrons. The normalized spacial score (nSPS) is 21.7. The van der Waals surface area contributed by atoms with E-state index in [1.807, 2.05) is 12.1 Å². The number of fused-ring (bicyclic) bond motifs is 1. The van der Waals surface area contributed by atoms with Crippen LogP contribution in [0.15, 0.2) is 24.3 Å². The third-order valence-corrected chi connectivity index (χ3v) is 6.18. The minimum absolute atomic E-state index is 0.0264. The average molecular weight is 374 g/mol. The number of carbonyl (C=O) groups excluding carboxylic acids is 1. The van der Waals surface area contributed by atoms with Gasteiger partial charge in [0.15, 0.2) is 0 Å². The van der Waals surface area contributed by atoms with Gasteiger partial charge in [0.05, 0.1) is 12.6 Å². The molecule has 2 aliphatic heterocycles. The topological polar surface area (TPSA) is 44.8 Å². The Bertz CT molecular complexity index is 599. The summed E-state index contributed by atoms with van der Waals surface area (Å²) >= 11 is 0. The maximum Gasteiger partial charge on any atom is 0.241 e. The second-order valence-electron chi connectivity index (χ2n) is 8.12. The lowest BCUT2D eigenvalue weighted by atomic mass is 9.90. The number of hydrogen-bond donors (Lipinski definition) is 1. The summed E-state index contributed by atoms with van der Waals surface area (Å²) in [6, 6.07) is 8.24. The van der Waals surface area contributed by atoms with Gasteiger partial charge >= 0.3 is 0 Å². The number of nitrogens with one attached hydrogen (secondary N) is 1. The van der Waals surface area contributed by atoms with Crippen molar-refractivity contribution in [3.05, 3.63) is 29.8 Å². The summed E-state index contributed by atoms with van der Waals surface area (Å²) in [5, 5.41) is 3.15. The predicted molar refractivity (Wildman–Crippen MR) is 110 cm³/mol. The standard InChI is InChI=1S/C22H35N3O2/c1-24(16-17-27-2)13-5-6-18-11-14-25(15-12-18)21-10-9-19-7-3-4-8-20(19)23-22(21)26/h3-4,7-8,18,21H,5-6,9-17H2,1-2H3,(H,23,26)/t21-/m0/s1. The number of likely N-dealkylation sites (N-methyl/N-ethyl adjacent to an activating group) is 1. The molecule has 0 spiro atoms. The molecule has 2 aliphatic rings. The molecule has 1 aromatic carbocycles. The molecule has 1 amide bonds. The Morgan fingerprint density at radius 2 is 1.96 bits per heavy atom. The molecule has 5 heteroatoms. The largest absolute Gasteiger partial charge is 0.383 e. The zero-order valence-electron chi connectivity index (χ0n) is 17.0. The Balaban J connectivity index is 1.41. The van der Waals surface area contributed by atoms with Crippen LogP contribution in [0.4, 0.5) is 5.69 Å². The first kappa shape index (κ1) is 20.3. The summed E-state index contributed by atoms with van der Waals surface area (Å²) in [7, 11) is 3.93. The number of amides is 1. The van der Waals surface area contributed by atoms with Crippen LogP contribution < -0.4 is 5.32 Å². The monoisotopic (exact) mass is 373 g/mol. The van der Waals surface area contributed by atoms with Crippen molar-refractivity contribution in [3.63, 3.8) is 0 Å². The number of piperidine rings is 1. The lowest BCUT2D eigenvalue weighted by Gasteiger charge is -2.36. The molecule has 1 aromatic rings. The van der Waals surface area contributed by atoms with Crippen LogP contribution in [0, 0.1) is 5.92 Å². The lowest BCUT2D eigenvalue weighted by Crippen LogP contribution is -2.47. The third-order valence-electron chi connectivity index (χ3n) is 6.18. The smallest absolute Gasteiger partial charge is 0.241 e. The number of benzene rings is 1. The van der Waals surface area contributed by atoms with Gasteiger partial charge in [0, 0.05) is 19.3 Å². The van der Waals surface area contributed by atoms with E-state index >= 15 is 0 Å². The number of hydrogen-bond acceptors (Lipinski definition) is 4. The minimum Gasteiger partial charge on any atom is -0.383 e. The van der Waals surface area contributed by atoms with E-state index in [0.29, 0.717) is 0 Å². The van der Waals surface area contributed by atoms with Gasteiger partial charge in [-0.2, -0.15) is 0 Å². The molecule has 0 unspecified atom stereocenters. The van der Waals surface area contributed by atoms with E-state index < -0.39 is 0 Å². The third kappa shape index (κ3) is 5.77. The summed E-state index contributed by atoms with van der Waals surface area (Å²) in [6.45, 7) is 5.07. The van der Waals surface area contributed by atoms with Gasteiger partial charge in [-0.3, -0.25) is 9.69 Å². The Labute approximate surface area is 164 Å². The molecule has 0 saturated carbocycles. The fraction of sp³-hybridized carbons (Fsp3) is 0.682. The molecule has 27 heavy (non-hydrogen) atoms. The quantitative estimate of drug-likeness (QED) is 0.761. The molecular formula is C22H35N3O2. The van der Waals surface area contributed by atoms with Crippen LogP contribution in [0.5, 0.6) is 0 Å². The van der Waals surface area contributed by atoms with Crippen molar-refractivity contribution < 1.29 is 9.53 Å². The van der Waals surface area contributed by atoms with E-state index in [-0.39, 0.29) is 11.9 Å². The van der Waals surface area contributed by atoms with E-state index in [1.165, 1.54) is 31.2 Å². The number of methoxy groups -OCH3 is 1. The van der Waals surface area contributed by atoms with Gasteiger partial charge in [-0.25, -0.2) is 0 Å². The summed E-state index contributed by atoms with van der Waals surface area (Å²) in [5.74, 6) is 0.987. The molecule has 1 saturated heterocycles. The van der Waals surface area contributed by atoms with E-state index in [9.17, 15) is 4.79 Å². The van der Waals surface area contributed by atoms with Crippen molar-refractivity contribution in [1.82, 2.24) is 9.80 Å². The molecule has 5 nitrogen and oxygen atoms in total. The summed E-state index contributed by atoms with van der Waals surface area (Å²) in [4.78, 5) is 17.5. The average Bonchev–Trinajstić information content (AvgIpc) is 2.85. The van der Waals surface area contributed by atoms with Gasteiger partial charge in [0.2, 0.25) is 5.91 Å². The Morgan fingerprint density at radius 1 is 1.19 bits per heavy atom. The fourth-order valence-electron chi connectivity index (χ4n) is 4.41. The van der Waals surface area contributed by atoms with Crippen molar-refractivity contribution in [2.75, 3.05) is 52.3 Å². The SMILES string of the molecule is COCCN(C)CCCC1CCN([C@H]2CCc3ccccc3NC2=O)CC1. The molecule has 0 aromatic heterocycles. The van der Waals surface area contributed by atoms with Crippen molar-refractivity contribution >= 4 is 11.6 Å². The number of anilines is 1. The molecular weight excluding hydrogens is 338 g/mol. The summed E-state index contributed by atoms with van der Waals surface area (Å²) in [6.07, 6.45) is 6.90. The minimum atomic E-state index is 0.0264. The molecule has 150 valence electrons. The van der Waals surface area contributed by atoms with Crippen LogP contribution in [-0.2, 0) is 16.0 Å². The van der Waals surface area contributed by atoms with E-state index in [2.05, 4.69) is 34.3 Å². The molecule has 0 bridgehead atoms. The summed E-state index contributed by atoms with van der Waals surface area (Å²) in [5.41, 5.74) is 2.26. The number of nitrogens with zero attached hydrogens (tertiary/aromatic N) is 2. The van der Waals surface area contributed by atoms with Gasteiger partial charge < -0.3 is 15.0 Å². The second kappa shape index (κ2) is 10.2. The van der Waals surface area contributed by atoms with Crippen LogP contribution in [0.3, 0.4) is 0 Å². The lowest BCUT2D eigenvalue weighted by molar-refractivity contribution is -0.122. The number of ether oxygens (including phenoxy) is 1. The van der Waals surface area contributed by atoms with Crippen LogP contribution in [0.2, 0.25) is 0 Å². The molecule has 3 rings (SSSR count). The van der Waals surface area contributed by atoms with Crippen LogP contribution >= 0.6 is 0 Å². The maximum atomic E-state index is 12.7. The highest BCUT2D eigenvalue weighted by Crippen LogP contribution is 2.28. The van der Waals surface area contributed by atoms with Crippen molar-refractivity contribution in [2.24, 2.45) is 5.92 Å². The number of para-hydroxylation sites is 1. The van der Waals surface area contributed by atoms with Gasteiger partial charge in [-0.1, -0.05) is 18.2 Å². The highest BCUT2D eigenvalue weighted by Gasteiger charge is 2.31. The summed E-state index contributed by atoms with van der Waals surface area (Å²) < 4.78 is 5.14. The highest BCUT2D eigenvalue weighted by atomic mass is 16.5. The molecule has 0 aliphatic carbocycles. The predicted octanol–water partition coefficient (Wildman–Crippen LogP) is 3.01. The van der Waals surface area contributed by atoms with Gasteiger partial charge in [-0.05, 0) is 82.8 Å². The van der Waals surface area contributed by atoms with Gasteiger partial charge in [0.25, 0.3) is 0 Å². The van der Waals surface area contributed by atoms with Crippen molar-refractivity contribution in [3.8, 4) is 0 Å².